The van der Waals surface area contributed by atoms with Gasteiger partial charge in [-0.25, -0.2) is 0 Å². The molecule has 0 spiro atoms. The number of aliphatic hydroxyl groups excluding tert-OH is 1. The number of hydrogen-bond acceptors (Lipinski definition) is 3. The van der Waals surface area contributed by atoms with Crippen LogP contribution in [0.1, 0.15) is 18.9 Å². The molecule has 0 saturated carbocycles. The highest BCUT2D eigenvalue weighted by molar-refractivity contribution is 6.31. The summed E-state index contributed by atoms with van der Waals surface area (Å²) in [5.41, 5.74) is 0.898. The van der Waals surface area contributed by atoms with Crippen LogP contribution >= 0.6 is 11.6 Å². The summed E-state index contributed by atoms with van der Waals surface area (Å²) < 4.78 is 5.16. The standard InChI is InChI=1S/C11H16ClNO2/c1-3-11(15-2)10(14)6-8-4-5-13-7-9(8)12/h4-5,7,10-11,14H,3,6H2,1-2H3. The van der Waals surface area contributed by atoms with Gasteiger partial charge < -0.3 is 9.84 Å². The first-order chi connectivity index (χ1) is 7.19. The van der Waals surface area contributed by atoms with E-state index < -0.39 is 6.10 Å². The van der Waals surface area contributed by atoms with Gasteiger partial charge in [-0.2, -0.15) is 0 Å². The monoisotopic (exact) mass is 229 g/mol. The molecule has 1 rings (SSSR count). The van der Waals surface area contributed by atoms with E-state index in [0.29, 0.717) is 11.4 Å². The molecule has 0 aliphatic carbocycles. The predicted octanol–water partition coefficient (Wildman–Crippen LogP) is 2.06. The van der Waals surface area contributed by atoms with Crippen molar-refractivity contribution in [3.05, 3.63) is 29.0 Å². The number of methoxy groups -OCH3 is 1. The van der Waals surface area contributed by atoms with Gasteiger partial charge in [0.15, 0.2) is 0 Å². The molecule has 0 bridgehead atoms. The summed E-state index contributed by atoms with van der Waals surface area (Å²) in [7, 11) is 1.60. The molecule has 1 aromatic rings. The van der Waals surface area contributed by atoms with E-state index in [0.717, 1.165) is 12.0 Å². The van der Waals surface area contributed by atoms with Crippen molar-refractivity contribution in [1.29, 1.82) is 0 Å². The largest absolute Gasteiger partial charge is 0.390 e. The van der Waals surface area contributed by atoms with Crippen molar-refractivity contribution in [1.82, 2.24) is 4.98 Å². The number of pyridine rings is 1. The van der Waals surface area contributed by atoms with Gasteiger partial charge in [-0.15, -0.1) is 0 Å². The zero-order valence-electron chi connectivity index (χ0n) is 8.98. The fourth-order valence-electron chi connectivity index (χ4n) is 1.52. The molecule has 0 aromatic carbocycles. The van der Waals surface area contributed by atoms with Crippen molar-refractivity contribution in [2.45, 2.75) is 32.0 Å². The number of aromatic nitrogens is 1. The van der Waals surface area contributed by atoms with Gasteiger partial charge in [-0.3, -0.25) is 4.98 Å². The maximum Gasteiger partial charge on any atom is 0.0842 e. The van der Waals surface area contributed by atoms with Gasteiger partial charge >= 0.3 is 0 Å². The quantitative estimate of drug-likeness (QED) is 0.841. The smallest absolute Gasteiger partial charge is 0.0842 e. The molecule has 0 fully saturated rings. The van der Waals surface area contributed by atoms with E-state index in [9.17, 15) is 5.11 Å². The Bertz CT molecular complexity index is 302. The zero-order chi connectivity index (χ0) is 11.3. The Morgan fingerprint density at radius 3 is 2.87 bits per heavy atom. The second-order valence-corrected chi connectivity index (χ2v) is 3.83. The van der Waals surface area contributed by atoms with Crippen molar-refractivity contribution < 1.29 is 9.84 Å². The number of rotatable bonds is 5. The number of halogens is 1. The summed E-state index contributed by atoms with van der Waals surface area (Å²) >= 11 is 5.94. The van der Waals surface area contributed by atoms with Gasteiger partial charge in [-0.1, -0.05) is 18.5 Å². The molecule has 0 amide bonds. The highest BCUT2D eigenvalue weighted by Crippen LogP contribution is 2.17. The van der Waals surface area contributed by atoms with Crippen molar-refractivity contribution in [2.75, 3.05) is 7.11 Å². The molecule has 4 heteroatoms. The van der Waals surface area contributed by atoms with E-state index in [1.54, 1.807) is 19.5 Å². The molecule has 1 N–H and O–H groups in total. The highest BCUT2D eigenvalue weighted by atomic mass is 35.5. The van der Waals surface area contributed by atoms with Gasteiger partial charge in [0.1, 0.15) is 0 Å². The molecule has 0 aliphatic heterocycles. The SMILES string of the molecule is CCC(OC)C(O)Cc1ccncc1Cl. The van der Waals surface area contributed by atoms with E-state index in [1.165, 1.54) is 0 Å². The molecule has 2 atom stereocenters. The molecule has 3 nitrogen and oxygen atoms in total. The van der Waals surface area contributed by atoms with Gasteiger partial charge in [0, 0.05) is 25.9 Å². The first kappa shape index (κ1) is 12.4. The Kier molecular flexibility index (Phi) is 5.02. The van der Waals surface area contributed by atoms with Crippen LogP contribution in [-0.4, -0.2) is 29.4 Å². The van der Waals surface area contributed by atoms with Crippen LogP contribution in [-0.2, 0) is 11.2 Å². The lowest BCUT2D eigenvalue weighted by atomic mass is 10.0. The molecular weight excluding hydrogens is 214 g/mol. The van der Waals surface area contributed by atoms with E-state index in [2.05, 4.69) is 4.98 Å². The van der Waals surface area contributed by atoms with Crippen molar-refractivity contribution >= 4 is 11.6 Å². The van der Waals surface area contributed by atoms with E-state index in [1.807, 2.05) is 13.0 Å². The molecular formula is C11H16ClNO2. The zero-order valence-corrected chi connectivity index (χ0v) is 9.74. The molecule has 2 unspecified atom stereocenters. The van der Waals surface area contributed by atoms with Crippen LogP contribution in [0, 0.1) is 0 Å². The lowest BCUT2D eigenvalue weighted by Gasteiger charge is -2.20. The topological polar surface area (TPSA) is 42.4 Å². The van der Waals surface area contributed by atoms with E-state index in [4.69, 9.17) is 16.3 Å². The predicted molar refractivity (Wildman–Crippen MR) is 60.0 cm³/mol. The van der Waals surface area contributed by atoms with Crippen LogP contribution in [0.15, 0.2) is 18.5 Å². The summed E-state index contributed by atoms with van der Waals surface area (Å²) in [5.74, 6) is 0. The third kappa shape index (κ3) is 3.45. The lowest BCUT2D eigenvalue weighted by Crippen LogP contribution is -2.29. The summed E-state index contributed by atoms with van der Waals surface area (Å²) in [5, 5.41) is 10.5. The number of ether oxygens (including phenoxy) is 1. The molecule has 1 heterocycles. The first-order valence-electron chi connectivity index (χ1n) is 4.98. The van der Waals surface area contributed by atoms with Crippen LogP contribution in [0.2, 0.25) is 5.02 Å². The Labute approximate surface area is 95.1 Å². The highest BCUT2D eigenvalue weighted by Gasteiger charge is 2.17. The third-order valence-electron chi connectivity index (χ3n) is 2.42. The second-order valence-electron chi connectivity index (χ2n) is 3.42. The Hall–Kier alpha value is -0.640. The van der Waals surface area contributed by atoms with Crippen molar-refractivity contribution in [2.24, 2.45) is 0 Å². The fourth-order valence-corrected chi connectivity index (χ4v) is 1.72. The Morgan fingerprint density at radius 1 is 1.60 bits per heavy atom. The minimum Gasteiger partial charge on any atom is -0.390 e. The van der Waals surface area contributed by atoms with Crippen LogP contribution in [0.25, 0.3) is 0 Å². The molecule has 84 valence electrons. The molecule has 15 heavy (non-hydrogen) atoms. The number of hydrogen-bond donors (Lipinski definition) is 1. The Morgan fingerprint density at radius 2 is 2.33 bits per heavy atom. The van der Waals surface area contributed by atoms with Gasteiger partial charge in [0.25, 0.3) is 0 Å². The number of aliphatic hydroxyl groups is 1. The van der Waals surface area contributed by atoms with E-state index in [-0.39, 0.29) is 6.10 Å². The minimum atomic E-state index is -0.528. The van der Waals surface area contributed by atoms with E-state index >= 15 is 0 Å². The molecule has 0 aliphatic rings. The van der Waals surface area contributed by atoms with Crippen LogP contribution in [0.4, 0.5) is 0 Å². The minimum absolute atomic E-state index is 0.144. The first-order valence-corrected chi connectivity index (χ1v) is 5.36. The fraction of sp³-hybridized carbons (Fsp3) is 0.545. The van der Waals surface area contributed by atoms with Crippen molar-refractivity contribution in [3.8, 4) is 0 Å². The van der Waals surface area contributed by atoms with Crippen LogP contribution < -0.4 is 0 Å². The molecule has 0 radical (unpaired) electrons. The maximum atomic E-state index is 9.88. The number of nitrogens with zero attached hydrogens (tertiary/aromatic N) is 1. The van der Waals surface area contributed by atoms with Crippen LogP contribution in [0.3, 0.4) is 0 Å². The normalized spacial score (nSPS) is 14.9. The average molecular weight is 230 g/mol. The van der Waals surface area contributed by atoms with Crippen LogP contribution in [0.5, 0.6) is 0 Å². The summed E-state index contributed by atoms with van der Waals surface area (Å²) in [6.45, 7) is 1.98. The molecule has 0 saturated heterocycles. The second kappa shape index (κ2) is 6.05. The summed E-state index contributed by atoms with van der Waals surface area (Å²) in [6.07, 6.45) is 3.85. The third-order valence-corrected chi connectivity index (χ3v) is 2.76. The average Bonchev–Trinajstić information content (AvgIpc) is 2.23. The van der Waals surface area contributed by atoms with Gasteiger partial charge in [0.2, 0.25) is 0 Å². The maximum absolute atomic E-state index is 9.88. The van der Waals surface area contributed by atoms with Gasteiger partial charge in [0.05, 0.1) is 17.2 Å². The van der Waals surface area contributed by atoms with Crippen molar-refractivity contribution in [3.63, 3.8) is 0 Å². The Balaban J connectivity index is 2.65. The molecule has 1 aromatic heterocycles. The summed E-state index contributed by atoms with van der Waals surface area (Å²) in [6, 6.07) is 1.81. The van der Waals surface area contributed by atoms with Gasteiger partial charge in [-0.05, 0) is 18.1 Å². The summed E-state index contributed by atoms with van der Waals surface area (Å²) in [4.78, 5) is 3.89. The lowest BCUT2D eigenvalue weighted by molar-refractivity contribution is -0.0128.